The first-order valence-electron chi connectivity index (χ1n) is 7.68. The van der Waals surface area contributed by atoms with Crippen LogP contribution in [-0.4, -0.2) is 34.4 Å². The van der Waals surface area contributed by atoms with Gasteiger partial charge in [0.25, 0.3) is 0 Å². The number of piperidine rings is 1. The second-order valence-electron chi connectivity index (χ2n) is 5.77. The molecule has 1 N–H and O–H groups in total. The molecular formula is C17H19N3O2S. The summed E-state index contributed by atoms with van der Waals surface area (Å²) in [4.78, 5) is 14.3. The van der Waals surface area contributed by atoms with Gasteiger partial charge in [-0.2, -0.15) is 0 Å². The van der Waals surface area contributed by atoms with Gasteiger partial charge in [-0.1, -0.05) is 29.5 Å². The molecule has 0 bridgehead atoms. The van der Waals surface area contributed by atoms with E-state index in [1.54, 1.807) is 11.8 Å². The highest BCUT2D eigenvalue weighted by Crippen LogP contribution is 2.27. The molecule has 1 saturated heterocycles. The van der Waals surface area contributed by atoms with Crippen LogP contribution in [-0.2, 0) is 4.79 Å². The first-order valence-corrected chi connectivity index (χ1v) is 8.49. The van der Waals surface area contributed by atoms with E-state index in [1.807, 2.05) is 17.0 Å². The number of benzene rings is 1. The zero-order valence-corrected chi connectivity index (χ0v) is 13.8. The molecule has 23 heavy (non-hydrogen) atoms. The summed E-state index contributed by atoms with van der Waals surface area (Å²) >= 11 is 1.57. The molecule has 1 aromatic heterocycles. The summed E-state index contributed by atoms with van der Waals surface area (Å²) in [6.45, 7) is 3.41. The monoisotopic (exact) mass is 329 g/mol. The molecule has 120 valence electrons. The van der Waals surface area contributed by atoms with Crippen LogP contribution in [0.4, 0.5) is 5.82 Å². The van der Waals surface area contributed by atoms with Crippen LogP contribution in [0.15, 0.2) is 46.3 Å². The molecule has 1 aliphatic heterocycles. The lowest BCUT2D eigenvalue weighted by Crippen LogP contribution is -2.39. The van der Waals surface area contributed by atoms with Crippen molar-refractivity contribution in [3.05, 3.63) is 42.0 Å². The third-order valence-electron chi connectivity index (χ3n) is 3.96. The van der Waals surface area contributed by atoms with Crippen LogP contribution >= 0.6 is 11.8 Å². The lowest BCUT2D eigenvalue weighted by atomic mass is 9.98. The summed E-state index contributed by atoms with van der Waals surface area (Å²) in [6.07, 6.45) is 1.61. The molecule has 0 radical (unpaired) electrons. The van der Waals surface area contributed by atoms with Gasteiger partial charge in [0.1, 0.15) is 5.03 Å². The number of nitrogens with zero attached hydrogens (tertiary/aromatic N) is 3. The van der Waals surface area contributed by atoms with Crippen molar-refractivity contribution in [2.24, 2.45) is 5.92 Å². The maximum absolute atomic E-state index is 11.1. The smallest absolute Gasteiger partial charge is 0.308 e. The predicted octanol–water partition coefficient (Wildman–Crippen LogP) is 3.24. The topological polar surface area (TPSA) is 66.3 Å². The van der Waals surface area contributed by atoms with E-state index in [0.29, 0.717) is 6.54 Å². The van der Waals surface area contributed by atoms with Gasteiger partial charge in [0, 0.05) is 18.0 Å². The standard InChI is InChI=1S/C17H19N3O2S/c1-12-4-6-14(7-5-12)23-16-9-8-15(18-19-16)20-10-2-3-13(11-20)17(21)22/h4-9,13H,2-3,10-11H2,1H3,(H,21,22)/t13-/m1/s1. The van der Waals surface area contributed by atoms with Crippen LogP contribution in [0.5, 0.6) is 0 Å². The molecule has 1 aliphatic rings. The largest absolute Gasteiger partial charge is 0.481 e. The van der Waals surface area contributed by atoms with Gasteiger partial charge in [-0.15, -0.1) is 10.2 Å². The predicted molar refractivity (Wildman–Crippen MR) is 89.9 cm³/mol. The maximum Gasteiger partial charge on any atom is 0.308 e. The van der Waals surface area contributed by atoms with Gasteiger partial charge in [-0.3, -0.25) is 4.79 Å². The second-order valence-corrected chi connectivity index (χ2v) is 6.86. The fraction of sp³-hybridized carbons (Fsp3) is 0.353. The first-order chi connectivity index (χ1) is 11.1. The average Bonchev–Trinajstić information content (AvgIpc) is 2.58. The Morgan fingerprint density at radius 3 is 2.65 bits per heavy atom. The average molecular weight is 329 g/mol. The Morgan fingerprint density at radius 2 is 2.00 bits per heavy atom. The highest BCUT2D eigenvalue weighted by Gasteiger charge is 2.26. The van der Waals surface area contributed by atoms with E-state index >= 15 is 0 Å². The molecule has 0 spiro atoms. The molecule has 6 heteroatoms. The van der Waals surface area contributed by atoms with E-state index in [4.69, 9.17) is 5.11 Å². The van der Waals surface area contributed by atoms with Crippen molar-refractivity contribution >= 4 is 23.5 Å². The van der Waals surface area contributed by atoms with E-state index < -0.39 is 5.97 Å². The van der Waals surface area contributed by atoms with Crippen LogP contribution in [0.1, 0.15) is 18.4 Å². The lowest BCUT2D eigenvalue weighted by molar-refractivity contribution is -0.141. The van der Waals surface area contributed by atoms with Gasteiger partial charge in [0.15, 0.2) is 5.82 Å². The first kappa shape index (κ1) is 15.8. The Balaban J connectivity index is 1.67. The Hall–Kier alpha value is -2.08. The molecule has 0 aliphatic carbocycles. The molecule has 1 fully saturated rings. The summed E-state index contributed by atoms with van der Waals surface area (Å²) < 4.78 is 0. The Bertz CT molecular complexity index is 673. The molecule has 2 aromatic rings. The fourth-order valence-electron chi connectivity index (χ4n) is 2.65. The summed E-state index contributed by atoms with van der Waals surface area (Å²) in [5, 5.41) is 18.5. The molecule has 3 rings (SSSR count). The van der Waals surface area contributed by atoms with Crippen LogP contribution in [0.2, 0.25) is 0 Å². The highest BCUT2D eigenvalue weighted by atomic mass is 32.2. The molecule has 5 nitrogen and oxygen atoms in total. The van der Waals surface area contributed by atoms with E-state index in [2.05, 4.69) is 41.4 Å². The second kappa shape index (κ2) is 7.00. The molecule has 0 unspecified atom stereocenters. The lowest BCUT2D eigenvalue weighted by Gasteiger charge is -2.31. The number of carbonyl (C=O) groups is 1. The fourth-order valence-corrected chi connectivity index (χ4v) is 3.38. The van der Waals surface area contributed by atoms with E-state index in [-0.39, 0.29) is 5.92 Å². The van der Waals surface area contributed by atoms with Crippen LogP contribution in [0, 0.1) is 12.8 Å². The van der Waals surface area contributed by atoms with E-state index in [0.717, 1.165) is 35.1 Å². The minimum absolute atomic E-state index is 0.313. The Labute approximate surface area is 139 Å². The number of aromatic nitrogens is 2. The van der Waals surface area contributed by atoms with Crippen molar-refractivity contribution in [2.75, 3.05) is 18.0 Å². The summed E-state index contributed by atoms with van der Waals surface area (Å²) in [6, 6.07) is 12.1. The number of carboxylic acids is 1. The number of anilines is 1. The molecule has 0 saturated carbocycles. The Morgan fingerprint density at radius 1 is 1.22 bits per heavy atom. The Kier molecular flexibility index (Phi) is 4.81. The molecule has 1 aromatic carbocycles. The molecule has 2 heterocycles. The van der Waals surface area contributed by atoms with Crippen molar-refractivity contribution in [3.8, 4) is 0 Å². The quantitative estimate of drug-likeness (QED) is 0.929. The van der Waals surface area contributed by atoms with Crippen molar-refractivity contribution in [1.82, 2.24) is 10.2 Å². The number of carboxylic acid groups (broad SMARTS) is 1. The van der Waals surface area contributed by atoms with Gasteiger partial charge in [0.2, 0.25) is 0 Å². The third-order valence-corrected chi connectivity index (χ3v) is 4.90. The van der Waals surface area contributed by atoms with Gasteiger partial charge in [-0.05, 0) is 44.0 Å². The molecular weight excluding hydrogens is 310 g/mol. The minimum Gasteiger partial charge on any atom is -0.481 e. The van der Waals surface area contributed by atoms with Gasteiger partial charge >= 0.3 is 5.97 Å². The molecule has 0 amide bonds. The van der Waals surface area contributed by atoms with Crippen LogP contribution in [0.3, 0.4) is 0 Å². The van der Waals surface area contributed by atoms with Gasteiger partial charge in [-0.25, -0.2) is 0 Å². The summed E-state index contributed by atoms with van der Waals surface area (Å²) in [7, 11) is 0. The van der Waals surface area contributed by atoms with E-state index in [9.17, 15) is 4.79 Å². The van der Waals surface area contributed by atoms with Gasteiger partial charge < -0.3 is 10.0 Å². The highest BCUT2D eigenvalue weighted by molar-refractivity contribution is 7.99. The van der Waals surface area contributed by atoms with E-state index in [1.165, 1.54) is 5.56 Å². The summed E-state index contributed by atoms with van der Waals surface area (Å²) in [5.41, 5.74) is 1.23. The number of aryl methyl sites for hydroxylation is 1. The van der Waals surface area contributed by atoms with Crippen molar-refractivity contribution in [1.29, 1.82) is 0 Å². The van der Waals surface area contributed by atoms with Gasteiger partial charge in [0.05, 0.1) is 5.92 Å². The zero-order valence-electron chi connectivity index (χ0n) is 13.0. The number of hydrogen-bond donors (Lipinski definition) is 1. The van der Waals surface area contributed by atoms with Crippen LogP contribution in [0.25, 0.3) is 0 Å². The van der Waals surface area contributed by atoms with Crippen LogP contribution < -0.4 is 4.90 Å². The summed E-state index contributed by atoms with van der Waals surface area (Å²) in [5.74, 6) is -0.287. The zero-order chi connectivity index (χ0) is 16.2. The normalized spacial score (nSPS) is 18.0. The SMILES string of the molecule is Cc1ccc(Sc2ccc(N3CCC[C@@H](C(=O)O)C3)nn2)cc1. The maximum atomic E-state index is 11.1. The third kappa shape index (κ3) is 4.01. The van der Waals surface area contributed by atoms with Crippen molar-refractivity contribution < 1.29 is 9.90 Å². The number of hydrogen-bond acceptors (Lipinski definition) is 5. The molecule has 1 atom stereocenters. The minimum atomic E-state index is -0.728. The number of aliphatic carboxylic acids is 1. The van der Waals surface area contributed by atoms with Crippen molar-refractivity contribution in [3.63, 3.8) is 0 Å². The number of rotatable bonds is 4. The van der Waals surface area contributed by atoms with Crippen molar-refractivity contribution in [2.45, 2.75) is 29.7 Å².